The number of aromatic nitrogens is 1. The molecule has 0 bridgehead atoms. The summed E-state index contributed by atoms with van der Waals surface area (Å²) in [5.74, 6) is -4.51. The number of thiazole rings is 1. The first kappa shape index (κ1) is 24.9. The second-order valence-corrected chi connectivity index (χ2v) is 9.34. The van der Waals surface area contributed by atoms with Gasteiger partial charge in [-0.1, -0.05) is 12.1 Å². The summed E-state index contributed by atoms with van der Waals surface area (Å²) >= 11 is 1.30. The number of rotatable bonds is 6. The van der Waals surface area contributed by atoms with Crippen molar-refractivity contribution >= 4 is 29.0 Å². The zero-order valence-corrected chi connectivity index (χ0v) is 20.1. The number of hydrogen-bond donors (Lipinski definition) is 2. The molecule has 2 aromatic rings. The van der Waals surface area contributed by atoms with Crippen molar-refractivity contribution in [2.45, 2.75) is 30.8 Å². The van der Waals surface area contributed by atoms with E-state index in [1.165, 1.54) is 54.7 Å². The molecule has 2 unspecified atom stereocenters. The maximum Gasteiger partial charge on any atom is 0.338 e. The molecule has 35 heavy (non-hydrogen) atoms. The smallest absolute Gasteiger partial charge is 0.338 e. The van der Waals surface area contributed by atoms with E-state index in [-0.39, 0.29) is 17.8 Å². The highest BCUT2D eigenvalue weighted by Crippen LogP contribution is 2.40. The fraction of sp³-hybridized carbons (Fsp3) is 0.391. The first-order valence-corrected chi connectivity index (χ1v) is 11.6. The van der Waals surface area contributed by atoms with Gasteiger partial charge in [-0.25, -0.2) is 27.9 Å². The van der Waals surface area contributed by atoms with Gasteiger partial charge < -0.3 is 15.4 Å². The Morgan fingerprint density at radius 1 is 1.31 bits per heavy atom. The number of esters is 1. The summed E-state index contributed by atoms with van der Waals surface area (Å²) in [5, 5.41) is 7.75. The van der Waals surface area contributed by atoms with Crippen LogP contribution in [-0.4, -0.2) is 66.8 Å². The van der Waals surface area contributed by atoms with Crippen molar-refractivity contribution in [3.05, 3.63) is 63.5 Å². The highest BCUT2D eigenvalue weighted by Gasteiger charge is 2.49. The highest BCUT2D eigenvalue weighted by atomic mass is 32.1. The Labute approximate surface area is 203 Å². The monoisotopic (exact) mass is 507 g/mol. The zero-order valence-electron chi connectivity index (χ0n) is 19.3. The minimum atomic E-state index is -3.08. The van der Waals surface area contributed by atoms with Crippen LogP contribution in [0.3, 0.4) is 0 Å². The molecule has 8 nitrogen and oxygen atoms in total. The minimum Gasteiger partial charge on any atom is -0.466 e. The molecule has 186 valence electrons. The molecule has 2 atom stereocenters. The number of halogens is 3. The van der Waals surface area contributed by atoms with Crippen molar-refractivity contribution in [3.63, 3.8) is 0 Å². The molecule has 2 N–H and O–H groups in total. The molecule has 0 spiro atoms. The molecule has 12 heteroatoms. The summed E-state index contributed by atoms with van der Waals surface area (Å²) in [6.07, 6.45) is 0.942. The molecule has 1 amide bonds. The van der Waals surface area contributed by atoms with Crippen molar-refractivity contribution < 1.29 is 27.5 Å². The number of ether oxygens (including phenoxy) is 1. The molecule has 0 aliphatic carbocycles. The SMILES string of the molecule is CNC(=O)C1CC(F)(F)CN1CC1=C(C(=O)OC)C(C)(c2ccc(F)cc2)N=C(c2nccs2)N1. The Kier molecular flexibility index (Phi) is 6.69. The van der Waals surface area contributed by atoms with Gasteiger partial charge in [0.1, 0.15) is 11.4 Å². The van der Waals surface area contributed by atoms with Crippen LogP contribution in [0.15, 0.2) is 52.1 Å². The van der Waals surface area contributed by atoms with Crippen LogP contribution >= 0.6 is 11.3 Å². The quantitative estimate of drug-likeness (QED) is 0.584. The molecular weight excluding hydrogens is 483 g/mol. The lowest BCUT2D eigenvalue weighted by molar-refractivity contribution is -0.137. The number of amides is 1. The number of nitrogens with zero attached hydrogens (tertiary/aromatic N) is 3. The van der Waals surface area contributed by atoms with Crippen molar-refractivity contribution in [2.75, 3.05) is 27.2 Å². The van der Waals surface area contributed by atoms with Gasteiger partial charge in [-0.2, -0.15) is 0 Å². The third kappa shape index (κ3) is 4.80. The Bertz CT molecular complexity index is 1180. The van der Waals surface area contributed by atoms with Gasteiger partial charge in [0.2, 0.25) is 5.91 Å². The maximum atomic E-state index is 14.4. The van der Waals surface area contributed by atoms with Crippen molar-refractivity contribution in [1.29, 1.82) is 0 Å². The van der Waals surface area contributed by atoms with E-state index in [1.54, 1.807) is 18.5 Å². The number of nitrogens with one attached hydrogen (secondary N) is 2. The van der Waals surface area contributed by atoms with E-state index in [0.29, 0.717) is 16.4 Å². The lowest BCUT2D eigenvalue weighted by Crippen LogP contribution is -2.48. The zero-order chi connectivity index (χ0) is 25.4. The molecule has 1 saturated heterocycles. The second kappa shape index (κ2) is 9.42. The molecule has 2 aliphatic rings. The summed E-state index contributed by atoms with van der Waals surface area (Å²) < 4.78 is 47.5. The van der Waals surface area contributed by atoms with Crippen LogP contribution in [0.25, 0.3) is 0 Å². The number of likely N-dealkylation sites (N-methyl/N-ethyl adjacent to an activating group) is 1. The average Bonchev–Trinajstić information content (AvgIpc) is 3.46. The normalized spacial score (nSPS) is 24.1. The second-order valence-electron chi connectivity index (χ2n) is 8.44. The summed E-state index contributed by atoms with van der Waals surface area (Å²) in [7, 11) is 2.59. The Balaban J connectivity index is 1.86. The average molecular weight is 508 g/mol. The van der Waals surface area contributed by atoms with Gasteiger partial charge in [-0.05, 0) is 24.6 Å². The van der Waals surface area contributed by atoms with Gasteiger partial charge in [-0.15, -0.1) is 11.3 Å². The predicted octanol–water partition coefficient (Wildman–Crippen LogP) is 2.43. The number of hydrogen-bond acceptors (Lipinski definition) is 8. The molecule has 3 heterocycles. The molecule has 0 saturated carbocycles. The highest BCUT2D eigenvalue weighted by molar-refractivity contribution is 7.11. The van der Waals surface area contributed by atoms with Gasteiger partial charge in [-0.3, -0.25) is 9.69 Å². The third-order valence-electron chi connectivity index (χ3n) is 6.10. The van der Waals surface area contributed by atoms with Crippen LogP contribution in [0.1, 0.15) is 23.9 Å². The molecular formula is C23H24F3N5O3S. The third-order valence-corrected chi connectivity index (χ3v) is 6.88. The molecule has 0 radical (unpaired) electrons. The van der Waals surface area contributed by atoms with Gasteiger partial charge in [0.25, 0.3) is 5.92 Å². The Hall–Kier alpha value is -3.25. The first-order valence-electron chi connectivity index (χ1n) is 10.8. The van der Waals surface area contributed by atoms with E-state index in [9.17, 15) is 22.8 Å². The van der Waals surface area contributed by atoms with Crippen LogP contribution in [0.5, 0.6) is 0 Å². The molecule has 4 rings (SSSR count). The Morgan fingerprint density at radius 2 is 2.03 bits per heavy atom. The lowest BCUT2D eigenvalue weighted by atomic mass is 9.82. The molecule has 2 aliphatic heterocycles. The lowest BCUT2D eigenvalue weighted by Gasteiger charge is -2.36. The number of benzene rings is 1. The molecule has 1 fully saturated rings. The fourth-order valence-corrected chi connectivity index (χ4v) is 5.03. The van der Waals surface area contributed by atoms with Crippen molar-refractivity contribution in [1.82, 2.24) is 20.5 Å². The minimum absolute atomic E-state index is 0.0674. The topological polar surface area (TPSA) is 95.9 Å². The standard InChI is InChI=1S/C23H24F3N5O3S/c1-22(13-4-6-14(24)7-5-13)17(21(33)34-3)15(29-18(30-22)20-28-8-9-35-20)11-31-12-23(25,26)10-16(31)19(32)27-2/h4-9,16H,10-12H2,1-3H3,(H,27,32)(H,29,30). The van der Waals surface area contributed by atoms with Crippen LogP contribution in [0, 0.1) is 5.82 Å². The number of carbonyl (C=O) groups is 2. The van der Waals surface area contributed by atoms with Crippen LogP contribution in [0.4, 0.5) is 13.2 Å². The van der Waals surface area contributed by atoms with Gasteiger partial charge in [0.05, 0.1) is 25.3 Å². The largest absolute Gasteiger partial charge is 0.466 e. The van der Waals surface area contributed by atoms with E-state index in [4.69, 9.17) is 9.73 Å². The number of likely N-dealkylation sites (tertiary alicyclic amines) is 1. The van der Waals surface area contributed by atoms with E-state index < -0.39 is 48.2 Å². The molecule has 1 aromatic carbocycles. The maximum absolute atomic E-state index is 14.4. The van der Waals surface area contributed by atoms with Crippen LogP contribution in [0.2, 0.25) is 0 Å². The van der Waals surface area contributed by atoms with Crippen LogP contribution < -0.4 is 10.6 Å². The number of aliphatic imine (C=N–C) groups is 1. The van der Waals surface area contributed by atoms with Gasteiger partial charge >= 0.3 is 5.97 Å². The Morgan fingerprint density at radius 3 is 2.63 bits per heavy atom. The van der Waals surface area contributed by atoms with Crippen molar-refractivity contribution in [2.24, 2.45) is 4.99 Å². The van der Waals surface area contributed by atoms with Crippen molar-refractivity contribution in [3.8, 4) is 0 Å². The number of carbonyl (C=O) groups excluding carboxylic acids is 2. The molecule has 1 aromatic heterocycles. The number of alkyl halides is 2. The van der Waals surface area contributed by atoms with Crippen LogP contribution in [-0.2, 0) is 19.9 Å². The summed E-state index contributed by atoms with van der Waals surface area (Å²) in [6.45, 7) is 0.816. The fourth-order valence-electron chi connectivity index (χ4n) is 4.45. The summed E-state index contributed by atoms with van der Waals surface area (Å²) in [4.78, 5) is 35.8. The van der Waals surface area contributed by atoms with E-state index in [2.05, 4.69) is 15.6 Å². The number of methoxy groups -OCH3 is 1. The van der Waals surface area contributed by atoms with E-state index in [1.807, 2.05) is 0 Å². The summed E-state index contributed by atoms with van der Waals surface area (Å²) in [5.41, 5.74) is -0.553. The number of amidine groups is 1. The van der Waals surface area contributed by atoms with Gasteiger partial charge in [0.15, 0.2) is 10.8 Å². The van der Waals surface area contributed by atoms with E-state index in [0.717, 1.165) is 0 Å². The first-order chi connectivity index (χ1) is 16.6. The van der Waals surface area contributed by atoms with Gasteiger partial charge in [0, 0.05) is 37.3 Å². The van der Waals surface area contributed by atoms with E-state index >= 15 is 0 Å². The predicted molar refractivity (Wildman–Crippen MR) is 124 cm³/mol. The summed E-state index contributed by atoms with van der Waals surface area (Å²) in [6, 6.07) is 4.40.